The van der Waals surface area contributed by atoms with Crippen LogP contribution in [0.15, 0.2) is 35.5 Å². The predicted octanol–water partition coefficient (Wildman–Crippen LogP) is 4.65. The molecule has 0 spiro atoms. The molecule has 0 aromatic carbocycles. The van der Waals surface area contributed by atoms with Gasteiger partial charge in [0.2, 0.25) is 0 Å². The Bertz CT molecular complexity index is 260. The fourth-order valence-corrected chi connectivity index (χ4v) is 2.29. The largest absolute Gasteiger partial charge is 0.0961 e. The van der Waals surface area contributed by atoms with Crippen molar-refractivity contribution in [2.75, 3.05) is 0 Å². The van der Waals surface area contributed by atoms with Crippen LogP contribution in [0.1, 0.15) is 46.5 Å². The summed E-state index contributed by atoms with van der Waals surface area (Å²) in [4.78, 5) is 0. The van der Waals surface area contributed by atoms with Gasteiger partial charge in [0, 0.05) is 0 Å². The maximum atomic E-state index is 3.89. The van der Waals surface area contributed by atoms with E-state index in [-0.39, 0.29) is 0 Å². The molecule has 0 aromatic heterocycles. The van der Waals surface area contributed by atoms with Gasteiger partial charge in [-0.15, -0.1) is 0 Å². The Morgan fingerprint density at radius 2 is 1.64 bits per heavy atom. The van der Waals surface area contributed by atoms with Crippen LogP contribution in [0.4, 0.5) is 0 Å². The number of allylic oxidation sites excluding steroid dienone is 5. The van der Waals surface area contributed by atoms with Crippen molar-refractivity contribution in [2.24, 2.45) is 5.92 Å². The minimum absolute atomic E-state index is 0.850. The fraction of sp³-hybridized carbons (Fsp3) is 0.571. The van der Waals surface area contributed by atoms with E-state index in [9.17, 15) is 0 Å². The van der Waals surface area contributed by atoms with E-state index in [4.69, 9.17) is 0 Å². The number of rotatable bonds is 3. The molecule has 1 rings (SSSR count). The van der Waals surface area contributed by atoms with Crippen LogP contribution in [-0.2, 0) is 0 Å². The molecule has 1 aliphatic rings. The molecule has 1 saturated carbocycles. The van der Waals surface area contributed by atoms with Crippen LogP contribution in [0.3, 0.4) is 0 Å². The molecule has 0 bridgehead atoms. The average Bonchev–Trinajstić information content (AvgIpc) is 2.53. The van der Waals surface area contributed by atoms with Crippen LogP contribution in [0.25, 0.3) is 0 Å². The van der Waals surface area contributed by atoms with Crippen molar-refractivity contribution in [3.63, 3.8) is 0 Å². The third-order valence-electron chi connectivity index (χ3n) is 2.93. The molecule has 1 aliphatic carbocycles. The van der Waals surface area contributed by atoms with Gasteiger partial charge >= 0.3 is 0 Å². The van der Waals surface area contributed by atoms with Gasteiger partial charge in [-0.05, 0) is 39.5 Å². The van der Waals surface area contributed by atoms with Crippen molar-refractivity contribution in [3.05, 3.63) is 35.5 Å². The van der Waals surface area contributed by atoms with Crippen LogP contribution >= 0.6 is 0 Å². The zero-order chi connectivity index (χ0) is 10.6. The fourth-order valence-electron chi connectivity index (χ4n) is 2.29. The zero-order valence-corrected chi connectivity index (χ0v) is 9.77. The van der Waals surface area contributed by atoms with Crippen molar-refractivity contribution in [2.45, 2.75) is 46.5 Å². The highest BCUT2D eigenvalue weighted by Gasteiger charge is 2.15. The van der Waals surface area contributed by atoms with Crippen LogP contribution in [0.2, 0.25) is 0 Å². The van der Waals surface area contributed by atoms with E-state index in [0.29, 0.717) is 0 Å². The van der Waals surface area contributed by atoms with Crippen molar-refractivity contribution < 1.29 is 0 Å². The average molecular weight is 190 g/mol. The molecule has 0 aliphatic heterocycles. The molecular formula is C14H22. The first-order chi connectivity index (χ1) is 6.59. The standard InChI is InChI=1S/C14H22/c1-11(2)9-12(3)10-13(4)14-7-5-6-8-14/h9-10,14H,1,5-8H2,2-4H3/b12-9-,13-10+. The molecule has 0 heterocycles. The Kier molecular flexibility index (Phi) is 4.19. The first-order valence-corrected chi connectivity index (χ1v) is 5.61. The van der Waals surface area contributed by atoms with E-state index in [1.54, 1.807) is 5.57 Å². The van der Waals surface area contributed by atoms with E-state index in [2.05, 4.69) is 32.6 Å². The molecule has 14 heavy (non-hydrogen) atoms. The summed E-state index contributed by atoms with van der Waals surface area (Å²) in [5.74, 6) is 0.850. The lowest BCUT2D eigenvalue weighted by atomic mass is 9.97. The Balaban J connectivity index is 2.62. The van der Waals surface area contributed by atoms with Gasteiger partial charge in [-0.2, -0.15) is 0 Å². The molecule has 1 fully saturated rings. The maximum absolute atomic E-state index is 3.89. The first kappa shape index (κ1) is 11.3. The van der Waals surface area contributed by atoms with E-state index in [0.717, 1.165) is 11.5 Å². The Morgan fingerprint density at radius 3 is 2.14 bits per heavy atom. The van der Waals surface area contributed by atoms with Gasteiger partial charge in [-0.25, -0.2) is 0 Å². The lowest BCUT2D eigenvalue weighted by Gasteiger charge is -2.09. The molecule has 0 N–H and O–H groups in total. The van der Waals surface area contributed by atoms with Crippen molar-refractivity contribution in [3.8, 4) is 0 Å². The molecule has 0 atom stereocenters. The quantitative estimate of drug-likeness (QED) is 0.568. The number of hydrogen-bond donors (Lipinski definition) is 0. The monoisotopic (exact) mass is 190 g/mol. The lowest BCUT2D eigenvalue weighted by Crippen LogP contribution is -1.94. The van der Waals surface area contributed by atoms with Gasteiger partial charge < -0.3 is 0 Å². The Morgan fingerprint density at radius 1 is 1.07 bits per heavy atom. The van der Waals surface area contributed by atoms with E-state index < -0.39 is 0 Å². The highest BCUT2D eigenvalue weighted by atomic mass is 14.2. The Labute approximate surface area is 88.4 Å². The second kappa shape index (κ2) is 5.19. The highest BCUT2D eigenvalue weighted by molar-refractivity contribution is 5.28. The Hall–Kier alpha value is -0.780. The van der Waals surface area contributed by atoms with Crippen molar-refractivity contribution in [1.29, 1.82) is 0 Å². The summed E-state index contributed by atoms with van der Waals surface area (Å²) in [6.07, 6.45) is 10.1. The van der Waals surface area contributed by atoms with Gasteiger partial charge in [-0.1, -0.05) is 48.3 Å². The van der Waals surface area contributed by atoms with Crippen molar-refractivity contribution in [1.82, 2.24) is 0 Å². The molecule has 0 radical (unpaired) electrons. The minimum atomic E-state index is 0.850. The minimum Gasteiger partial charge on any atom is -0.0961 e. The molecule has 0 nitrogen and oxygen atoms in total. The summed E-state index contributed by atoms with van der Waals surface area (Å²) < 4.78 is 0. The number of hydrogen-bond acceptors (Lipinski definition) is 0. The summed E-state index contributed by atoms with van der Waals surface area (Å²) >= 11 is 0. The van der Waals surface area contributed by atoms with Gasteiger partial charge in [0.1, 0.15) is 0 Å². The van der Waals surface area contributed by atoms with Gasteiger partial charge in [-0.3, -0.25) is 0 Å². The van der Waals surface area contributed by atoms with Gasteiger partial charge in [0.15, 0.2) is 0 Å². The summed E-state index contributed by atoms with van der Waals surface area (Å²) in [5.41, 5.74) is 4.03. The highest BCUT2D eigenvalue weighted by Crippen LogP contribution is 2.31. The molecular weight excluding hydrogens is 168 g/mol. The third kappa shape index (κ3) is 3.53. The van der Waals surface area contributed by atoms with Gasteiger partial charge in [0.05, 0.1) is 0 Å². The summed E-state index contributed by atoms with van der Waals surface area (Å²) in [6.45, 7) is 10.4. The third-order valence-corrected chi connectivity index (χ3v) is 2.93. The van der Waals surface area contributed by atoms with Crippen LogP contribution in [-0.4, -0.2) is 0 Å². The predicted molar refractivity (Wildman–Crippen MR) is 64.3 cm³/mol. The topological polar surface area (TPSA) is 0 Å². The van der Waals surface area contributed by atoms with Gasteiger partial charge in [0.25, 0.3) is 0 Å². The van der Waals surface area contributed by atoms with Crippen molar-refractivity contribution >= 4 is 0 Å². The van der Waals surface area contributed by atoms with E-state index in [1.807, 2.05) is 6.92 Å². The summed E-state index contributed by atoms with van der Waals surface area (Å²) in [7, 11) is 0. The summed E-state index contributed by atoms with van der Waals surface area (Å²) in [6, 6.07) is 0. The van der Waals surface area contributed by atoms with E-state index in [1.165, 1.54) is 31.3 Å². The van der Waals surface area contributed by atoms with Crippen LogP contribution in [0, 0.1) is 5.92 Å². The first-order valence-electron chi connectivity index (χ1n) is 5.61. The second-order valence-corrected chi connectivity index (χ2v) is 4.60. The molecule has 78 valence electrons. The van der Waals surface area contributed by atoms with Crippen LogP contribution < -0.4 is 0 Å². The molecule has 0 saturated heterocycles. The van der Waals surface area contributed by atoms with E-state index >= 15 is 0 Å². The molecule has 0 aromatic rings. The maximum Gasteiger partial charge on any atom is -0.0203 e. The SMILES string of the molecule is C=C(C)/C=C(C)\C=C(/C)C1CCCC1. The normalized spacial score (nSPS) is 20.2. The van der Waals surface area contributed by atoms with Crippen LogP contribution in [0.5, 0.6) is 0 Å². The summed E-state index contributed by atoms with van der Waals surface area (Å²) in [5, 5.41) is 0. The molecule has 0 unspecified atom stereocenters. The smallest absolute Gasteiger partial charge is 0.0203 e. The zero-order valence-electron chi connectivity index (χ0n) is 9.77. The molecule has 0 amide bonds. The molecule has 0 heteroatoms. The second-order valence-electron chi connectivity index (χ2n) is 4.60. The lowest BCUT2D eigenvalue weighted by molar-refractivity contribution is 0.642.